The van der Waals surface area contributed by atoms with Crippen molar-refractivity contribution in [3.8, 4) is 11.3 Å². The molecule has 2 N–H and O–H groups in total. The van der Waals surface area contributed by atoms with Gasteiger partial charge in [-0.25, -0.2) is 0 Å². The Balaban J connectivity index is 1.38. The van der Waals surface area contributed by atoms with Crippen molar-refractivity contribution in [2.75, 3.05) is 5.32 Å². The first-order chi connectivity index (χ1) is 18.0. The Morgan fingerprint density at radius 3 is 2.41 bits per heavy atom. The average molecular weight is 490 g/mol. The standard InChI is InChI=1S/C30H23N3O4/c1-19-26(34)24-11-6-12-25(28(24)37-27(19)21-8-3-2-4-9-21)30(36)32-18-20-7-5-10-23(17-20)33-29(35)22-13-15-31-16-14-22/h2-17H,18H2,1H3,(H,32,36)(H,33,35). The minimum absolute atomic E-state index is 0.174. The average Bonchev–Trinajstić information content (AvgIpc) is 2.94. The van der Waals surface area contributed by atoms with Crippen LogP contribution in [0.3, 0.4) is 0 Å². The summed E-state index contributed by atoms with van der Waals surface area (Å²) in [6.07, 6.45) is 3.11. The molecule has 0 spiro atoms. The summed E-state index contributed by atoms with van der Waals surface area (Å²) in [6, 6.07) is 24.8. The number of carbonyl (C=O) groups is 2. The number of nitrogens with zero attached hydrogens (tertiary/aromatic N) is 1. The van der Waals surface area contributed by atoms with Crippen LogP contribution in [0.5, 0.6) is 0 Å². The van der Waals surface area contributed by atoms with E-state index in [4.69, 9.17) is 4.42 Å². The monoisotopic (exact) mass is 489 g/mol. The lowest BCUT2D eigenvalue weighted by atomic mass is 10.0. The molecule has 2 aromatic heterocycles. The molecule has 0 unspecified atom stereocenters. The Labute approximate surface area is 212 Å². The third-order valence-corrected chi connectivity index (χ3v) is 6.01. The molecule has 182 valence electrons. The maximum Gasteiger partial charge on any atom is 0.255 e. The van der Waals surface area contributed by atoms with Gasteiger partial charge in [-0.2, -0.15) is 0 Å². The van der Waals surface area contributed by atoms with Gasteiger partial charge in [0.05, 0.1) is 10.9 Å². The third-order valence-electron chi connectivity index (χ3n) is 6.01. The normalized spacial score (nSPS) is 10.7. The first kappa shape index (κ1) is 23.7. The van der Waals surface area contributed by atoms with Crippen LogP contribution < -0.4 is 16.1 Å². The topological polar surface area (TPSA) is 101 Å². The molecule has 0 atom stereocenters. The highest BCUT2D eigenvalue weighted by molar-refractivity contribution is 6.05. The molecule has 7 heteroatoms. The third kappa shape index (κ3) is 5.01. The van der Waals surface area contributed by atoms with Crippen molar-refractivity contribution in [1.29, 1.82) is 0 Å². The molecular formula is C30H23N3O4. The lowest BCUT2D eigenvalue weighted by Crippen LogP contribution is -2.23. The van der Waals surface area contributed by atoms with Crippen molar-refractivity contribution in [3.63, 3.8) is 0 Å². The first-order valence-corrected chi connectivity index (χ1v) is 11.7. The minimum Gasteiger partial charge on any atom is -0.455 e. The summed E-state index contributed by atoms with van der Waals surface area (Å²) >= 11 is 0. The number of fused-ring (bicyclic) bond motifs is 1. The highest BCUT2D eigenvalue weighted by Crippen LogP contribution is 2.27. The van der Waals surface area contributed by atoms with Crippen molar-refractivity contribution < 1.29 is 14.0 Å². The number of carbonyl (C=O) groups excluding carboxylic acids is 2. The van der Waals surface area contributed by atoms with Crippen LogP contribution in [0.4, 0.5) is 5.69 Å². The number of nitrogens with one attached hydrogen (secondary N) is 2. The van der Waals surface area contributed by atoms with Gasteiger partial charge in [-0.05, 0) is 48.9 Å². The molecule has 5 aromatic rings. The van der Waals surface area contributed by atoms with E-state index in [1.54, 1.807) is 67.8 Å². The van der Waals surface area contributed by atoms with Gasteiger partial charge in [-0.15, -0.1) is 0 Å². The summed E-state index contributed by atoms with van der Waals surface area (Å²) in [7, 11) is 0. The first-order valence-electron chi connectivity index (χ1n) is 11.7. The van der Waals surface area contributed by atoms with Gasteiger partial charge in [-0.3, -0.25) is 19.4 Å². The second-order valence-corrected chi connectivity index (χ2v) is 8.51. The summed E-state index contributed by atoms with van der Waals surface area (Å²) in [5.74, 6) is -0.183. The Kier molecular flexibility index (Phi) is 6.59. The predicted molar refractivity (Wildman–Crippen MR) is 142 cm³/mol. The molecule has 2 amide bonds. The summed E-state index contributed by atoms with van der Waals surface area (Å²) in [5, 5.41) is 6.09. The largest absolute Gasteiger partial charge is 0.455 e. The van der Waals surface area contributed by atoms with Crippen LogP contribution in [-0.4, -0.2) is 16.8 Å². The second kappa shape index (κ2) is 10.3. The molecular weight excluding hydrogens is 466 g/mol. The summed E-state index contributed by atoms with van der Waals surface area (Å²) in [5.41, 5.74) is 3.49. The van der Waals surface area contributed by atoms with Gasteiger partial charge in [0.25, 0.3) is 11.8 Å². The van der Waals surface area contributed by atoms with Crippen LogP contribution in [0, 0.1) is 6.92 Å². The summed E-state index contributed by atoms with van der Waals surface area (Å²) in [6.45, 7) is 1.94. The quantitative estimate of drug-likeness (QED) is 0.335. The van der Waals surface area contributed by atoms with Gasteiger partial charge in [-0.1, -0.05) is 48.5 Å². The molecule has 37 heavy (non-hydrogen) atoms. The van der Waals surface area contributed by atoms with E-state index in [1.165, 1.54) is 0 Å². The van der Waals surface area contributed by atoms with Gasteiger partial charge >= 0.3 is 0 Å². The number of rotatable bonds is 6. The van der Waals surface area contributed by atoms with E-state index in [-0.39, 0.29) is 34.9 Å². The van der Waals surface area contributed by atoms with Crippen molar-refractivity contribution in [2.24, 2.45) is 0 Å². The van der Waals surface area contributed by atoms with E-state index in [0.717, 1.165) is 11.1 Å². The molecule has 0 aliphatic heterocycles. The van der Waals surface area contributed by atoms with Gasteiger partial charge < -0.3 is 15.1 Å². The number of aromatic nitrogens is 1. The molecule has 0 aliphatic rings. The number of pyridine rings is 1. The van der Waals surface area contributed by atoms with Crippen molar-refractivity contribution in [2.45, 2.75) is 13.5 Å². The van der Waals surface area contributed by atoms with Gasteiger partial charge in [0.1, 0.15) is 5.76 Å². The maximum absolute atomic E-state index is 13.2. The minimum atomic E-state index is -0.372. The van der Waals surface area contributed by atoms with E-state index in [2.05, 4.69) is 15.6 Å². The Morgan fingerprint density at radius 2 is 1.62 bits per heavy atom. The lowest BCUT2D eigenvalue weighted by Gasteiger charge is -2.11. The SMILES string of the molecule is Cc1c(-c2ccccc2)oc2c(C(=O)NCc3cccc(NC(=O)c4ccncc4)c3)cccc2c1=O. The molecule has 0 aliphatic carbocycles. The number of para-hydroxylation sites is 1. The van der Waals surface area contributed by atoms with Gasteiger partial charge in [0, 0.05) is 41.3 Å². The zero-order chi connectivity index (χ0) is 25.8. The Morgan fingerprint density at radius 1 is 0.865 bits per heavy atom. The number of benzene rings is 3. The number of anilines is 1. The van der Waals surface area contributed by atoms with Crippen molar-refractivity contribution in [1.82, 2.24) is 10.3 Å². The van der Waals surface area contributed by atoms with Gasteiger partial charge in [0.15, 0.2) is 11.0 Å². The fourth-order valence-electron chi connectivity index (χ4n) is 4.10. The molecule has 0 fully saturated rings. The molecule has 0 saturated carbocycles. The number of hydrogen-bond acceptors (Lipinski definition) is 5. The number of hydrogen-bond donors (Lipinski definition) is 2. The Bertz CT molecular complexity index is 1660. The lowest BCUT2D eigenvalue weighted by molar-refractivity contribution is 0.0950. The second-order valence-electron chi connectivity index (χ2n) is 8.51. The van der Waals surface area contributed by atoms with Crippen LogP contribution in [0.25, 0.3) is 22.3 Å². The van der Waals surface area contributed by atoms with Crippen LogP contribution >= 0.6 is 0 Å². The molecule has 7 nitrogen and oxygen atoms in total. The fourth-order valence-corrected chi connectivity index (χ4v) is 4.10. The van der Waals surface area contributed by atoms with E-state index in [1.807, 2.05) is 36.4 Å². The molecule has 0 radical (unpaired) electrons. The summed E-state index contributed by atoms with van der Waals surface area (Å²) < 4.78 is 6.16. The molecule has 2 heterocycles. The predicted octanol–water partition coefficient (Wildman–Crippen LogP) is 5.35. The fraction of sp³-hybridized carbons (Fsp3) is 0.0667. The van der Waals surface area contributed by atoms with Crippen LogP contribution in [0.1, 0.15) is 31.8 Å². The molecule has 5 rings (SSSR count). The zero-order valence-electron chi connectivity index (χ0n) is 20.0. The van der Waals surface area contributed by atoms with E-state index in [9.17, 15) is 14.4 Å². The van der Waals surface area contributed by atoms with Crippen LogP contribution in [0.15, 0.2) is 107 Å². The molecule has 3 aromatic carbocycles. The highest BCUT2D eigenvalue weighted by Gasteiger charge is 2.18. The van der Waals surface area contributed by atoms with Crippen LogP contribution in [-0.2, 0) is 6.54 Å². The van der Waals surface area contributed by atoms with Gasteiger partial charge in [0.2, 0.25) is 0 Å². The highest BCUT2D eigenvalue weighted by atomic mass is 16.3. The van der Waals surface area contributed by atoms with E-state index >= 15 is 0 Å². The molecule has 0 bridgehead atoms. The Hall–Kier alpha value is -5.04. The van der Waals surface area contributed by atoms with Crippen molar-refractivity contribution >= 4 is 28.5 Å². The van der Waals surface area contributed by atoms with E-state index in [0.29, 0.717) is 28.0 Å². The van der Waals surface area contributed by atoms with E-state index < -0.39 is 0 Å². The molecule has 0 saturated heterocycles. The summed E-state index contributed by atoms with van der Waals surface area (Å²) in [4.78, 5) is 42.6. The van der Waals surface area contributed by atoms with Crippen molar-refractivity contribution in [3.05, 3.63) is 130 Å². The zero-order valence-corrected chi connectivity index (χ0v) is 20.0. The van der Waals surface area contributed by atoms with Crippen LogP contribution in [0.2, 0.25) is 0 Å². The maximum atomic E-state index is 13.2. The smallest absolute Gasteiger partial charge is 0.255 e. The number of amides is 2.